The molecule has 0 spiro atoms. The molecule has 2 nitrogen and oxygen atoms in total. The van der Waals surface area contributed by atoms with Crippen molar-refractivity contribution in [1.29, 1.82) is 0 Å². The number of hydrogen-bond acceptors (Lipinski definition) is 1. The molecular formula is C10H23N2+. The summed E-state index contributed by atoms with van der Waals surface area (Å²) in [5.74, 6) is 0. The second kappa shape index (κ2) is 3.75. The van der Waals surface area contributed by atoms with Gasteiger partial charge in [-0.05, 0) is 20.8 Å². The van der Waals surface area contributed by atoms with E-state index in [1.54, 1.807) is 0 Å². The Kier molecular flexibility index (Phi) is 3.13. The van der Waals surface area contributed by atoms with Crippen LogP contribution in [0.25, 0.3) is 0 Å². The molecule has 0 saturated carbocycles. The number of hydrogen-bond donors (Lipinski definition) is 0. The Morgan fingerprint density at radius 1 is 1.42 bits per heavy atom. The molecule has 0 aromatic heterocycles. The van der Waals surface area contributed by atoms with Crippen molar-refractivity contribution in [1.82, 2.24) is 4.90 Å². The van der Waals surface area contributed by atoms with E-state index in [4.69, 9.17) is 0 Å². The van der Waals surface area contributed by atoms with Crippen molar-refractivity contribution in [2.24, 2.45) is 0 Å². The highest BCUT2D eigenvalue weighted by Gasteiger charge is 2.28. The van der Waals surface area contributed by atoms with Gasteiger partial charge in [-0.2, -0.15) is 0 Å². The number of rotatable bonds is 2. The second-order valence-corrected chi connectivity index (χ2v) is 4.56. The molecule has 1 fully saturated rings. The van der Waals surface area contributed by atoms with Gasteiger partial charge >= 0.3 is 0 Å². The Morgan fingerprint density at radius 2 is 2.08 bits per heavy atom. The van der Waals surface area contributed by atoms with Crippen LogP contribution in [0.2, 0.25) is 0 Å². The summed E-state index contributed by atoms with van der Waals surface area (Å²) in [5, 5.41) is 0. The van der Waals surface area contributed by atoms with Crippen molar-refractivity contribution < 1.29 is 4.48 Å². The Morgan fingerprint density at radius 3 is 2.58 bits per heavy atom. The molecule has 0 radical (unpaired) electrons. The second-order valence-electron chi connectivity index (χ2n) is 4.56. The quantitative estimate of drug-likeness (QED) is 0.569. The van der Waals surface area contributed by atoms with E-state index in [1.165, 1.54) is 37.2 Å². The van der Waals surface area contributed by atoms with E-state index in [9.17, 15) is 0 Å². The fourth-order valence-electron chi connectivity index (χ4n) is 1.92. The molecule has 0 bridgehead atoms. The normalized spacial score (nSPS) is 32.8. The average molecular weight is 171 g/mol. The van der Waals surface area contributed by atoms with Gasteiger partial charge in [0.1, 0.15) is 6.67 Å². The summed E-state index contributed by atoms with van der Waals surface area (Å²) < 4.78 is 1.23. The molecule has 1 aliphatic rings. The maximum absolute atomic E-state index is 2.59. The van der Waals surface area contributed by atoms with Crippen LogP contribution >= 0.6 is 0 Å². The van der Waals surface area contributed by atoms with E-state index >= 15 is 0 Å². The Labute approximate surface area is 76.7 Å². The molecule has 1 atom stereocenters. The summed E-state index contributed by atoms with van der Waals surface area (Å²) in [6.45, 7) is 12.1. The third-order valence-electron chi connectivity index (χ3n) is 3.16. The highest BCUT2D eigenvalue weighted by atomic mass is 15.4. The number of nitrogens with zero attached hydrogens (tertiary/aromatic N) is 2. The first kappa shape index (κ1) is 10.0. The van der Waals surface area contributed by atoms with Crippen LogP contribution in [-0.4, -0.2) is 48.8 Å². The van der Waals surface area contributed by atoms with Crippen LogP contribution in [0.5, 0.6) is 0 Å². The van der Waals surface area contributed by atoms with Crippen LogP contribution in [0.4, 0.5) is 0 Å². The molecule has 0 amide bonds. The van der Waals surface area contributed by atoms with Gasteiger partial charge in [0.2, 0.25) is 0 Å². The first-order chi connectivity index (χ1) is 5.57. The van der Waals surface area contributed by atoms with Gasteiger partial charge in [0.25, 0.3) is 0 Å². The fourth-order valence-corrected chi connectivity index (χ4v) is 1.92. The zero-order valence-electron chi connectivity index (χ0n) is 9.01. The Hall–Kier alpha value is -0.0800. The largest absolute Gasteiger partial charge is 0.314 e. The van der Waals surface area contributed by atoms with Gasteiger partial charge in [-0.3, -0.25) is 4.90 Å². The highest BCUT2D eigenvalue weighted by Crippen LogP contribution is 2.15. The van der Waals surface area contributed by atoms with Crippen molar-refractivity contribution in [3.63, 3.8) is 0 Å². The zero-order valence-corrected chi connectivity index (χ0v) is 9.01. The lowest BCUT2D eigenvalue weighted by Crippen LogP contribution is -2.57. The maximum Gasteiger partial charge on any atom is 0.135 e. The van der Waals surface area contributed by atoms with Gasteiger partial charge in [0, 0.05) is 19.0 Å². The van der Waals surface area contributed by atoms with Gasteiger partial charge in [0.05, 0.1) is 20.1 Å². The van der Waals surface area contributed by atoms with Crippen LogP contribution in [-0.2, 0) is 0 Å². The lowest BCUT2D eigenvalue weighted by molar-refractivity contribution is -0.923. The Bertz CT molecular complexity index is 145. The molecular weight excluding hydrogens is 148 g/mol. The van der Waals surface area contributed by atoms with Crippen LogP contribution in [0.15, 0.2) is 0 Å². The van der Waals surface area contributed by atoms with E-state index in [1.807, 2.05) is 0 Å². The predicted molar refractivity (Wildman–Crippen MR) is 52.9 cm³/mol. The maximum atomic E-state index is 2.59. The highest BCUT2D eigenvalue weighted by molar-refractivity contribution is 4.63. The van der Waals surface area contributed by atoms with Crippen molar-refractivity contribution in [3.05, 3.63) is 0 Å². The minimum absolute atomic E-state index is 0.717. The fraction of sp³-hybridized carbons (Fsp3) is 1.00. The first-order valence-electron chi connectivity index (χ1n) is 5.15. The Balaban J connectivity index is 2.51. The molecule has 0 aromatic carbocycles. The summed E-state index contributed by atoms with van der Waals surface area (Å²) in [6.07, 6.45) is 1.36. The molecule has 0 aliphatic carbocycles. The van der Waals surface area contributed by atoms with E-state index in [0.717, 1.165) is 0 Å². The molecule has 1 aliphatic heterocycles. The van der Waals surface area contributed by atoms with Crippen LogP contribution in [0, 0.1) is 0 Å². The lowest BCUT2D eigenvalue weighted by atomic mass is 10.2. The number of quaternary nitrogens is 1. The van der Waals surface area contributed by atoms with Crippen LogP contribution in [0.1, 0.15) is 27.2 Å². The topological polar surface area (TPSA) is 3.24 Å². The van der Waals surface area contributed by atoms with Gasteiger partial charge in [-0.15, -0.1) is 0 Å². The zero-order chi connectivity index (χ0) is 9.19. The third kappa shape index (κ3) is 2.20. The van der Waals surface area contributed by atoms with Crippen molar-refractivity contribution in [2.45, 2.75) is 33.2 Å². The van der Waals surface area contributed by atoms with E-state index in [2.05, 4.69) is 32.7 Å². The SMILES string of the molecule is CC[N@+]1(C)CCCN(C(C)C)C1. The van der Waals surface area contributed by atoms with Gasteiger partial charge in [0.15, 0.2) is 0 Å². The van der Waals surface area contributed by atoms with Crippen molar-refractivity contribution in [3.8, 4) is 0 Å². The molecule has 2 heteroatoms. The van der Waals surface area contributed by atoms with Crippen molar-refractivity contribution >= 4 is 0 Å². The predicted octanol–water partition coefficient (Wildman–Crippen LogP) is 1.52. The van der Waals surface area contributed by atoms with E-state index in [0.29, 0.717) is 6.04 Å². The molecule has 0 unspecified atom stereocenters. The molecule has 0 aromatic rings. The standard InChI is InChI=1S/C10H23N2/c1-5-12(4)8-6-7-11(9-12)10(2)3/h10H,5-9H2,1-4H3/q+1/t12-/m1/s1. The molecule has 12 heavy (non-hydrogen) atoms. The molecule has 1 rings (SSSR count). The van der Waals surface area contributed by atoms with Gasteiger partial charge < -0.3 is 4.48 Å². The molecule has 72 valence electrons. The van der Waals surface area contributed by atoms with E-state index in [-0.39, 0.29) is 0 Å². The third-order valence-corrected chi connectivity index (χ3v) is 3.16. The summed E-state index contributed by atoms with van der Waals surface area (Å²) in [5.41, 5.74) is 0. The molecule has 0 N–H and O–H groups in total. The van der Waals surface area contributed by atoms with Gasteiger partial charge in [-0.1, -0.05) is 0 Å². The first-order valence-corrected chi connectivity index (χ1v) is 5.15. The summed E-state index contributed by atoms with van der Waals surface area (Å²) >= 11 is 0. The average Bonchev–Trinajstić information content (AvgIpc) is 2.05. The summed E-state index contributed by atoms with van der Waals surface area (Å²) in [4.78, 5) is 2.59. The molecule has 1 heterocycles. The minimum atomic E-state index is 0.717. The minimum Gasteiger partial charge on any atom is -0.314 e. The summed E-state index contributed by atoms with van der Waals surface area (Å²) in [6, 6.07) is 0.717. The van der Waals surface area contributed by atoms with E-state index < -0.39 is 0 Å². The lowest BCUT2D eigenvalue weighted by Gasteiger charge is -2.43. The van der Waals surface area contributed by atoms with Crippen molar-refractivity contribution in [2.75, 3.05) is 33.4 Å². The van der Waals surface area contributed by atoms with Crippen LogP contribution in [0.3, 0.4) is 0 Å². The van der Waals surface area contributed by atoms with Gasteiger partial charge in [-0.25, -0.2) is 0 Å². The molecule has 1 saturated heterocycles. The summed E-state index contributed by atoms with van der Waals surface area (Å²) in [7, 11) is 2.37. The van der Waals surface area contributed by atoms with Crippen LogP contribution < -0.4 is 0 Å². The monoisotopic (exact) mass is 171 g/mol. The smallest absolute Gasteiger partial charge is 0.135 e.